The van der Waals surface area contributed by atoms with Crippen molar-refractivity contribution < 1.29 is 14.3 Å². The monoisotopic (exact) mass is 381 g/mol. The van der Waals surface area contributed by atoms with Crippen LogP contribution in [0.15, 0.2) is 47.4 Å². The molecule has 0 saturated carbocycles. The van der Waals surface area contributed by atoms with E-state index in [2.05, 4.69) is 6.07 Å². The maximum atomic E-state index is 12.5. The van der Waals surface area contributed by atoms with E-state index in [1.807, 2.05) is 13.8 Å². The largest absolute Gasteiger partial charge is 0.490 e. The van der Waals surface area contributed by atoms with Gasteiger partial charge >= 0.3 is 6.09 Å². The number of carbonyl (C=O) groups is 1. The highest BCUT2D eigenvalue weighted by molar-refractivity contribution is 5.67. The van der Waals surface area contributed by atoms with E-state index in [0.717, 1.165) is 0 Å². The van der Waals surface area contributed by atoms with Gasteiger partial charge in [-0.15, -0.1) is 0 Å². The number of pyridine rings is 1. The molecule has 0 atom stereocenters. The number of carbonyl (C=O) groups excluding carboxylic acids is 1. The van der Waals surface area contributed by atoms with Crippen LogP contribution in [0, 0.1) is 11.3 Å². The Morgan fingerprint density at radius 3 is 2.61 bits per heavy atom. The maximum absolute atomic E-state index is 12.5. The molecule has 1 fully saturated rings. The molecule has 7 heteroatoms. The lowest BCUT2D eigenvalue weighted by atomic mass is 10.1. The second kappa shape index (κ2) is 8.61. The zero-order valence-corrected chi connectivity index (χ0v) is 16.0. The van der Waals surface area contributed by atoms with E-state index in [0.29, 0.717) is 42.9 Å². The molecule has 7 nitrogen and oxygen atoms in total. The molecule has 2 aromatic rings. The van der Waals surface area contributed by atoms with Crippen LogP contribution in [-0.2, 0) is 4.74 Å². The lowest BCUT2D eigenvalue weighted by Crippen LogP contribution is -2.42. The van der Waals surface area contributed by atoms with E-state index < -0.39 is 0 Å². The fourth-order valence-electron chi connectivity index (χ4n) is 3.10. The Hall–Kier alpha value is -3.27. The number of aromatic nitrogens is 1. The molecule has 0 bridgehead atoms. The van der Waals surface area contributed by atoms with Crippen molar-refractivity contribution in [3.63, 3.8) is 0 Å². The van der Waals surface area contributed by atoms with Gasteiger partial charge in [0.15, 0.2) is 0 Å². The van der Waals surface area contributed by atoms with Crippen LogP contribution >= 0.6 is 0 Å². The minimum absolute atomic E-state index is 0.0553. The Morgan fingerprint density at radius 2 is 1.96 bits per heavy atom. The number of likely N-dealkylation sites (tertiary alicyclic amines) is 1. The fraction of sp³-hybridized carbons (Fsp3) is 0.381. The molecule has 1 aromatic carbocycles. The van der Waals surface area contributed by atoms with Gasteiger partial charge in [-0.05, 0) is 38.1 Å². The Balaban J connectivity index is 1.62. The van der Waals surface area contributed by atoms with Crippen molar-refractivity contribution in [2.45, 2.75) is 38.9 Å². The number of amides is 1. The molecule has 1 aromatic heterocycles. The van der Waals surface area contributed by atoms with Gasteiger partial charge in [0, 0.05) is 43.9 Å². The average molecular weight is 381 g/mol. The summed E-state index contributed by atoms with van der Waals surface area (Å²) in [5, 5.41) is 9.01. The van der Waals surface area contributed by atoms with Gasteiger partial charge in [-0.25, -0.2) is 4.79 Å². The van der Waals surface area contributed by atoms with Gasteiger partial charge in [0.05, 0.1) is 17.7 Å². The Kier molecular flexibility index (Phi) is 5.99. The fourth-order valence-corrected chi connectivity index (χ4v) is 3.10. The van der Waals surface area contributed by atoms with Crippen molar-refractivity contribution in [2.24, 2.45) is 0 Å². The summed E-state index contributed by atoms with van der Waals surface area (Å²) in [6.07, 6.45) is 2.52. The SMILES string of the molecule is CC(C)OC(=O)N1CCC(Oc2ccn(-c3cccc(C#N)c3)c(=O)c2)CC1. The van der Waals surface area contributed by atoms with Gasteiger partial charge < -0.3 is 14.4 Å². The van der Waals surface area contributed by atoms with E-state index in [-0.39, 0.29) is 23.9 Å². The van der Waals surface area contributed by atoms with Crippen LogP contribution in [0.4, 0.5) is 4.79 Å². The molecule has 0 aliphatic carbocycles. The molecule has 2 heterocycles. The smallest absolute Gasteiger partial charge is 0.410 e. The third-order valence-electron chi connectivity index (χ3n) is 4.48. The Bertz CT molecular complexity index is 937. The summed E-state index contributed by atoms with van der Waals surface area (Å²) >= 11 is 0. The molecule has 0 spiro atoms. The zero-order chi connectivity index (χ0) is 20.1. The first-order valence-corrected chi connectivity index (χ1v) is 9.31. The number of ether oxygens (including phenoxy) is 2. The van der Waals surface area contributed by atoms with E-state index >= 15 is 0 Å². The number of nitrogens with zero attached hydrogens (tertiary/aromatic N) is 3. The van der Waals surface area contributed by atoms with Crippen LogP contribution in [0.1, 0.15) is 32.3 Å². The first-order chi connectivity index (χ1) is 13.5. The summed E-state index contributed by atoms with van der Waals surface area (Å²) in [5.74, 6) is 0.501. The molecular formula is C21H23N3O4. The normalized spacial score (nSPS) is 14.6. The predicted molar refractivity (Wildman–Crippen MR) is 104 cm³/mol. The van der Waals surface area contributed by atoms with Crippen LogP contribution in [0.3, 0.4) is 0 Å². The highest BCUT2D eigenvalue weighted by Gasteiger charge is 2.25. The lowest BCUT2D eigenvalue weighted by molar-refractivity contribution is 0.0516. The van der Waals surface area contributed by atoms with Crippen LogP contribution in [0.5, 0.6) is 5.75 Å². The Morgan fingerprint density at radius 1 is 1.21 bits per heavy atom. The summed E-state index contributed by atoms with van der Waals surface area (Å²) in [7, 11) is 0. The van der Waals surface area contributed by atoms with Gasteiger partial charge in [0.1, 0.15) is 11.9 Å². The van der Waals surface area contributed by atoms with E-state index in [4.69, 9.17) is 14.7 Å². The quantitative estimate of drug-likeness (QED) is 0.812. The average Bonchev–Trinajstić information content (AvgIpc) is 2.68. The Labute approximate surface area is 163 Å². The van der Waals surface area contributed by atoms with E-state index in [1.54, 1.807) is 41.4 Å². The van der Waals surface area contributed by atoms with Gasteiger partial charge in [0.2, 0.25) is 0 Å². The molecular weight excluding hydrogens is 358 g/mol. The second-order valence-corrected chi connectivity index (χ2v) is 6.97. The molecule has 0 unspecified atom stereocenters. The third kappa shape index (κ3) is 4.71. The summed E-state index contributed by atoms with van der Waals surface area (Å²) in [4.78, 5) is 26.1. The lowest BCUT2D eigenvalue weighted by Gasteiger charge is -2.32. The van der Waals surface area contributed by atoms with Crippen molar-refractivity contribution in [3.8, 4) is 17.5 Å². The number of nitriles is 1. The van der Waals surface area contributed by atoms with Crippen LogP contribution in [-0.4, -0.2) is 40.9 Å². The number of benzene rings is 1. The molecule has 0 radical (unpaired) electrons. The van der Waals surface area contributed by atoms with Gasteiger partial charge in [-0.1, -0.05) is 6.07 Å². The number of piperidine rings is 1. The second-order valence-electron chi connectivity index (χ2n) is 6.97. The molecule has 1 amide bonds. The highest BCUT2D eigenvalue weighted by atomic mass is 16.6. The molecule has 146 valence electrons. The van der Waals surface area contributed by atoms with Gasteiger partial charge in [-0.2, -0.15) is 5.26 Å². The molecule has 1 saturated heterocycles. The van der Waals surface area contributed by atoms with Crippen LogP contribution in [0.2, 0.25) is 0 Å². The van der Waals surface area contributed by atoms with Crippen molar-refractivity contribution in [3.05, 3.63) is 58.5 Å². The summed E-state index contributed by atoms with van der Waals surface area (Å²) in [5.41, 5.74) is 0.894. The van der Waals surface area contributed by atoms with Crippen LogP contribution < -0.4 is 10.3 Å². The van der Waals surface area contributed by atoms with E-state index in [1.165, 1.54) is 10.6 Å². The van der Waals surface area contributed by atoms with Crippen molar-refractivity contribution >= 4 is 6.09 Å². The number of hydrogen-bond donors (Lipinski definition) is 0. The standard InChI is InChI=1S/C21H23N3O4/c1-15(2)27-21(26)23-9-6-18(7-10-23)28-19-8-11-24(20(25)13-19)17-5-3-4-16(12-17)14-22/h3-5,8,11-13,15,18H,6-7,9-10H2,1-2H3. The first kappa shape index (κ1) is 19.5. The van der Waals surface area contributed by atoms with Crippen molar-refractivity contribution in [2.75, 3.05) is 13.1 Å². The highest BCUT2D eigenvalue weighted by Crippen LogP contribution is 2.19. The zero-order valence-electron chi connectivity index (χ0n) is 16.0. The minimum Gasteiger partial charge on any atom is -0.490 e. The van der Waals surface area contributed by atoms with Gasteiger partial charge in [-0.3, -0.25) is 9.36 Å². The summed E-state index contributed by atoms with van der Waals surface area (Å²) < 4.78 is 12.6. The van der Waals surface area contributed by atoms with Crippen molar-refractivity contribution in [1.82, 2.24) is 9.47 Å². The molecule has 1 aliphatic rings. The summed E-state index contributed by atoms with van der Waals surface area (Å²) in [6.45, 7) is 4.78. The molecule has 0 N–H and O–H groups in total. The number of hydrogen-bond acceptors (Lipinski definition) is 5. The first-order valence-electron chi connectivity index (χ1n) is 9.31. The maximum Gasteiger partial charge on any atom is 0.410 e. The predicted octanol–water partition coefficient (Wildman–Crippen LogP) is 3.10. The minimum atomic E-state index is -0.296. The van der Waals surface area contributed by atoms with Gasteiger partial charge in [0.25, 0.3) is 5.56 Å². The molecule has 28 heavy (non-hydrogen) atoms. The van der Waals surface area contributed by atoms with E-state index in [9.17, 15) is 9.59 Å². The molecule has 3 rings (SSSR count). The molecule has 1 aliphatic heterocycles. The van der Waals surface area contributed by atoms with Crippen molar-refractivity contribution in [1.29, 1.82) is 5.26 Å². The topological polar surface area (TPSA) is 84.6 Å². The van der Waals surface area contributed by atoms with Crippen LogP contribution in [0.25, 0.3) is 5.69 Å². The summed E-state index contributed by atoms with van der Waals surface area (Å²) in [6, 6.07) is 12.1. The third-order valence-corrected chi connectivity index (χ3v) is 4.48. The number of rotatable bonds is 4.